The third kappa shape index (κ3) is 4.71. The van der Waals surface area contributed by atoms with Crippen LogP contribution in [0.15, 0.2) is 34.9 Å². The quantitative estimate of drug-likeness (QED) is 0.760. The molecule has 0 radical (unpaired) electrons. The molecule has 2 heterocycles. The van der Waals surface area contributed by atoms with Gasteiger partial charge in [-0.2, -0.15) is 0 Å². The second-order valence-corrected chi connectivity index (χ2v) is 8.35. The van der Waals surface area contributed by atoms with Gasteiger partial charge in [-0.3, -0.25) is 4.79 Å². The zero-order valence-corrected chi connectivity index (χ0v) is 16.5. The predicted molar refractivity (Wildman–Crippen MR) is 104 cm³/mol. The molecule has 0 atom stereocenters. The molecule has 1 aliphatic rings. The van der Waals surface area contributed by atoms with E-state index in [-0.39, 0.29) is 11.3 Å². The summed E-state index contributed by atoms with van der Waals surface area (Å²) in [6.07, 6.45) is 0.770. The number of hydrogen-bond donors (Lipinski definition) is 1. The maximum absolute atomic E-state index is 12.6. The van der Waals surface area contributed by atoms with Crippen molar-refractivity contribution in [2.24, 2.45) is 0 Å². The molecular weight excluding hydrogens is 364 g/mol. The largest absolute Gasteiger partial charge is 0.377 e. The van der Waals surface area contributed by atoms with E-state index < -0.39 is 5.60 Å². The fraction of sp³-hybridized carbons (Fsp3) is 0.429. The molecule has 2 aromatic rings. The van der Waals surface area contributed by atoms with E-state index in [1.165, 1.54) is 0 Å². The maximum Gasteiger partial charge on any atom is 0.276 e. The highest BCUT2D eigenvalue weighted by molar-refractivity contribution is 6.30. The summed E-state index contributed by atoms with van der Waals surface area (Å²) in [4.78, 5) is 14.3. The fourth-order valence-electron chi connectivity index (χ4n) is 2.85. The summed E-state index contributed by atoms with van der Waals surface area (Å²) in [5.74, 6) is 6.41. The Balaban J connectivity index is 1.64. The van der Waals surface area contributed by atoms with Crippen LogP contribution in [0.2, 0.25) is 5.02 Å². The van der Waals surface area contributed by atoms with Crippen LogP contribution in [0, 0.1) is 11.8 Å². The molecule has 0 spiro atoms. The Labute approximate surface area is 164 Å². The lowest BCUT2D eigenvalue weighted by atomic mass is 9.91. The summed E-state index contributed by atoms with van der Waals surface area (Å²) in [5, 5.41) is 15.2. The summed E-state index contributed by atoms with van der Waals surface area (Å²) < 4.78 is 5.30. The fourth-order valence-corrected chi connectivity index (χ4v) is 3.04. The smallest absolute Gasteiger partial charge is 0.276 e. The molecule has 1 aromatic carbocycles. The van der Waals surface area contributed by atoms with Gasteiger partial charge in [0.15, 0.2) is 5.69 Å². The molecule has 1 saturated heterocycles. The van der Waals surface area contributed by atoms with Crippen molar-refractivity contribution >= 4 is 17.5 Å². The number of rotatable bonds is 1. The second kappa shape index (κ2) is 7.38. The van der Waals surface area contributed by atoms with Crippen LogP contribution in [0.4, 0.5) is 0 Å². The van der Waals surface area contributed by atoms with Crippen LogP contribution in [0.3, 0.4) is 0 Å². The van der Waals surface area contributed by atoms with E-state index in [4.69, 9.17) is 16.1 Å². The average molecular weight is 387 g/mol. The van der Waals surface area contributed by atoms with Gasteiger partial charge in [0.1, 0.15) is 11.4 Å². The molecule has 0 bridgehead atoms. The van der Waals surface area contributed by atoms with Gasteiger partial charge in [-0.05, 0) is 18.2 Å². The monoisotopic (exact) mass is 386 g/mol. The highest BCUT2D eigenvalue weighted by Crippen LogP contribution is 2.26. The van der Waals surface area contributed by atoms with E-state index in [2.05, 4.69) is 17.0 Å². The van der Waals surface area contributed by atoms with Crippen LogP contribution in [-0.4, -0.2) is 39.8 Å². The van der Waals surface area contributed by atoms with Crippen LogP contribution in [0.1, 0.15) is 55.4 Å². The van der Waals surface area contributed by atoms with Crippen molar-refractivity contribution in [1.29, 1.82) is 0 Å². The molecule has 3 rings (SSSR count). The Morgan fingerprint density at radius 3 is 2.59 bits per heavy atom. The van der Waals surface area contributed by atoms with E-state index in [9.17, 15) is 9.90 Å². The first-order valence-corrected chi connectivity index (χ1v) is 9.32. The number of benzene rings is 1. The number of aromatic nitrogens is 1. The molecule has 0 aliphatic carbocycles. The number of piperidine rings is 1. The highest BCUT2D eigenvalue weighted by Gasteiger charge is 2.34. The minimum absolute atomic E-state index is 0.181. The number of nitrogens with zero attached hydrogens (tertiary/aromatic N) is 2. The van der Waals surface area contributed by atoms with Gasteiger partial charge in [-0.1, -0.05) is 55.4 Å². The lowest BCUT2D eigenvalue weighted by molar-refractivity contribution is 0.0244. The zero-order chi connectivity index (χ0) is 19.7. The van der Waals surface area contributed by atoms with Gasteiger partial charge < -0.3 is 14.5 Å². The van der Waals surface area contributed by atoms with Crippen molar-refractivity contribution in [3.63, 3.8) is 0 Å². The molecule has 1 aliphatic heterocycles. The van der Waals surface area contributed by atoms with Crippen molar-refractivity contribution in [2.45, 2.75) is 44.6 Å². The lowest BCUT2D eigenvalue weighted by Crippen LogP contribution is -2.46. The summed E-state index contributed by atoms with van der Waals surface area (Å²) in [6.45, 7) is 6.83. The number of halogens is 1. The number of likely N-dealkylation sites (tertiary alicyclic amines) is 1. The van der Waals surface area contributed by atoms with E-state index in [0.717, 1.165) is 5.56 Å². The van der Waals surface area contributed by atoms with Crippen LogP contribution in [0.25, 0.3) is 0 Å². The van der Waals surface area contributed by atoms with Gasteiger partial charge in [0.2, 0.25) is 0 Å². The molecular formula is C21H23ClN2O3. The van der Waals surface area contributed by atoms with Gasteiger partial charge in [0.25, 0.3) is 5.91 Å². The van der Waals surface area contributed by atoms with E-state index in [0.29, 0.717) is 42.4 Å². The zero-order valence-electron chi connectivity index (χ0n) is 15.8. The first-order chi connectivity index (χ1) is 12.7. The van der Waals surface area contributed by atoms with Crippen LogP contribution >= 0.6 is 11.6 Å². The predicted octanol–water partition coefficient (Wildman–Crippen LogP) is 3.64. The van der Waals surface area contributed by atoms with E-state index in [1.54, 1.807) is 23.1 Å². The molecule has 0 saturated carbocycles. The van der Waals surface area contributed by atoms with Crippen molar-refractivity contribution in [1.82, 2.24) is 10.1 Å². The summed E-state index contributed by atoms with van der Waals surface area (Å²) in [7, 11) is 0. The minimum atomic E-state index is -1.11. The third-order valence-corrected chi connectivity index (χ3v) is 4.85. The molecule has 1 amide bonds. The van der Waals surface area contributed by atoms with Crippen molar-refractivity contribution in [3.8, 4) is 11.8 Å². The molecule has 1 N–H and O–H groups in total. The number of carbonyl (C=O) groups is 1. The van der Waals surface area contributed by atoms with Crippen molar-refractivity contribution < 1.29 is 14.4 Å². The lowest BCUT2D eigenvalue weighted by Gasteiger charge is -2.34. The maximum atomic E-state index is 12.6. The number of hydrogen-bond acceptors (Lipinski definition) is 4. The van der Waals surface area contributed by atoms with E-state index >= 15 is 0 Å². The summed E-state index contributed by atoms with van der Waals surface area (Å²) in [5.41, 5.74) is -0.259. The molecule has 1 aromatic heterocycles. The topological polar surface area (TPSA) is 66.6 Å². The van der Waals surface area contributed by atoms with Gasteiger partial charge in [-0.15, -0.1) is 0 Å². The molecule has 6 heteroatoms. The SMILES string of the molecule is CC(C)(C)c1cc(C(=O)N2CCC(O)(C#Cc3cccc(Cl)c3)CC2)no1. The van der Waals surface area contributed by atoms with Gasteiger partial charge in [-0.25, -0.2) is 0 Å². The Hall–Kier alpha value is -2.29. The number of carbonyl (C=O) groups excluding carboxylic acids is 1. The second-order valence-electron chi connectivity index (χ2n) is 7.91. The molecule has 27 heavy (non-hydrogen) atoms. The standard InChI is InChI=1S/C21H23ClN2O3/c1-20(2,3)18-14-17(23-27-18)19(25)24-11-9-21(26,10-12-24)8-7-15-5-4-6-16(22)13-15/h4-6,13-14,26H,9-12H2,1-3H3. The average Bonchev–Trinajstić information content (AvgIpc) is 3.11. The summed E-state index contributed by atoms with van der Waals surface area (Å²) >= 11 is 5.96. The Bertz CT molecular complexity index is 894. The molecule has 1 fully saturated rings. The highest BCUT2D eigenvalue weighted by atomic mass is 35.5. The molecule has 5 nitrogen and oxygen atoms in total. The number of amides is 1. The minimum Gasteiger partial charge on any atom is -0.377 e. The Kier molecular flexibility index (Phi) is 5.32. The van der Waals surface area contributed by atoms with Gasteiger partial charge in [0.05, 0.1) is 0 Å². The third-order valence-electron chi connectivity index (χ3n) is 4.61. The van der Waals surface area contributed by atoms with Crippen LogP contribution < -0.4 is 0 Å². The van der Waals surface area contributed by atoms with E-state index in [1.807, 2.05) is 32.9 Å². The van der Waals surface area contributed by atoms with Crippen molar-refractivity contribution in [3.05, 3.63) is 52.4 Å². The number of aliphatic hydroxyl groups is 1. The van der Waals surface area contributed by atoms with Crippen LogP contribution in [0.5, 0.6) is 0 Å². The van der Waals surface area contributed by atoms with Crippen LogP contribution in [-0.2, 0) is 5.41 Å². The summed E-state index contributed by atoms with van der Waals surface area (Å²) in [6, 6.07) is 8.90. The first-order valence-electron chi connectivity index (χ1n) is 8.94. The van der Waals surface area contributed by atoms with Gasteiger partial charge >= 0.3 is 0 Å². The first kappa shape index (κ1) is 19.5. The van der Waals surface area contributed by atoms with Gasteiger partial charge in [0, 0.05) is 48.0 Å². The Morgan fingerprint density at radius 2 is 2.00 bits per heavy atom. The van der Waals surface area contributed by atoms with Crippen molar-refractivity contribution in [2.75, 3.05) is 13.1 Å². The molecule has 0 unspecified atom stereocenters. The normalized spacial score (nSPS) is 16.6. The molecule has 142 valence electrons. The Morgan fingerprint density at radius 1 is 1.30 bits per heavy atom.